The summed E-state index contributed by atoms with van der Waals surface area (Å²) in [5, 5.41) is 0. The zero-order valence-corrected chi connectivity index (χ0v) is 6.56. The van der Waals surface area contributed by atoms with Crippen molar-refractivity contribution >= 4 is 11.8 Å². The van der Waals surface area contributed by atoms with E-state index in [0.717, 1.165) is 5.92 Å². The van der Waals surface area contributed by atoms with Crippen LogP contribution in [0.2, 0.25) is 0 Å². The third-order valence-corrected chi connectivity index (χ3v) is 4.11. The molecule has 54 valence electrons. The molecule has 0 radical (unpaired) electrons. The van der Waals surface area contributed by atoms with Crippen molar-refractivity contribution in [2.75, 3.05) is 11.5 Å². The van der Waals surface area contributed by atoms with Crippen LogP contribution in [0.5, 0.6) is 0 Å². The van der Waals surface area contributed by atoms with Crippen molar-refractivity contribution in [2.24, 2.45) is 5.92 Å². The monoisotopic (exact) mass is 154 g/mol. The Morgan fingerprint density at radius 3 is 3.40 bits per heavy atom. The van der Waals surface area contributed by atoms with Crippen molar-refractivity contribution in [3.8, 4) is 0 Å². The fourth-order valence-electron chi connectivity index (χ4n) is 2.24. The second kappa shape index (κ2) is 1.62. The van der Waals surface area contributed by atoms with Crippen LogP contribution in [0.15, 0.2) is 12.2 Å². The second-order valence-electron chi connectivity index (χ2n) is 3.42. The van der Waals surface area contributed by atoms with Gasteiger partial charge in [0.25, 0.3) is 0 Å². The lowest BCUT2D eigenvalue weighted by Crippen LogP contribution is -2.30. The largest absolute Gasteiger partial charge is 0.362 e. The van der Waals surface area contributed by atoms with Gasteiger partial charge in [-0.2, -0.15) is 11.8 Å². The first-order valence-electron chi connectivity index (χ1n) is 3.84. The zero-order chi connectivity index (χ0) is 6.60. The summed E-state index contributed by atoms with van der Waals surface area (Å²) in [6.45, 7) is 0. The molecule has 2 heteroatoms. The molecular weight excluding hydrogens is 144 g/mol. The molecule has 2 saturated heterocycles. The molecule has 3 rings (SSSR count). The summed E-state index contributed by atoms with van der Waals surface area (Å²) in [6.07, 6.45) is 6.29. The summed E-state index contributed by atoms with van der Waals surface area (Å²) >= 11 is 2.04. The lowest BCUT2D eigenvalue weighted by molar-refractivity contribution is 0.0392. The Labute approximate surface area is 64.8 Å². The molecule has 0 aromatic rings. The van der Waals surface area contributed by atoms with E-state index in [9.17, 15) is 0 Å². The Morgan fingerprint density at radius 1 is 1.60 bits per heavy atom. The van der Waals surface area contributed by atoms with E-state index in [4.69, 9.17) is 4.74 Å². The van der Waals surface area contributed by atoms with Gasteiger partial charge in [0.2, 0.25) is 0 Å². The maximum Gasteiger partial charge on any atom is 0.0998 e. The quantitative estimate of drug-likeness (QED) is 0.488. The van der Waals surface area contributed by atoms with Gasteiger partial charge in [0, 0.05) is 11.7 Å². The molecule has 3 aliphatic rings. The molecule has 0 unspecified atom stereocenters. The standard InChI is InChI=1S/C8H10OS/c1-2-8-5-10-4-6(8)3-7(1)9-8/h1-2,6-7H,3-5H2/t6-,7-,8+/m1/s1. The summed E-state index contributed by atoms with van der Waals surface area (Å²) in [5.74, 6) is 3.36. The minimum atomic E-state index is 0.204. The van der Waals surface area contributed by atoms with Gasteiger partial charge in [-0.3, -0.25) is 0 Å². The maximum atomic E-state index is 5.85. The Bertz CT molecular complexity index is 201. The molecule has 10 heavy (non-hydrogen) atoms. The van der Waals surface area contributed by atoms with Gasteiger partial charge in [0.05, 0.1) is 11.7 Å². The van der Waals surface area contributed by atoms with Crippen LogP contribution in [0.3, 0.4) is 0 Å². The highest BCUT2D eigenvalue weighted by Crippen LogP contribution is 2.50. The van der Waals surface area contributed by atoms with Crippen LogP contribution < -0.4 is 0 Å². The summed E-state index contributed by atoms with van der Waals surface area (Å²) in [7, 11) is 0. The van der Waals surface area contributed by atoms with Gasteiger partial charge in [-0.25, -0.2) is 0 Å². The third-order valence-electron chi connectivity index (χ3n) is 2.82. The van der Waals surface area contributed by atoms with Crippen LogP contribution in [0.4, 0.5) is 0 Å². The molecule has 0 N–H and O–H groups in total. The van der Waals surface area contributed by atoms with Crippen LogP contribution in [0.1, 0.15) is 6.42 Å². The Hall–Kier alpha value is 0.0500. The third kappa shape index (κ3) is 0.509. The first-order valence-corrected chi connectivity index (χ1v) is 4.99. The van der Waals surface area contributed by atoms with E-state index in [2.05, 4.69) is 12.2 Å². The number of hydrogen-bond acceptors (Lipinski definition) is 2. The van der Waals surface area contributed by atoms with Gasteiger partial charge in [-0.15, -0.1) is 0 Å². The smallest absolute Gasteiger partial charge is 0.0998 e. The second-order valence-corrected chi connectivity index (χ2v) is 4.45. The minimum Gasteiger partial charge on any atom is -0.362 e. The Balaban J connectivity index is 2.07. The molecule has 2 fully saturated rings. The first-order chi connectivity index (χ1) is 4.89. The van der Waals surface area contributed by atoms with Crippen molar-refractivity contribution in [3.63, 3.8) is 0 Å². The van der Waals surface area contributed by atoms with E-state index < -0.39 is 0 Å². The van der Waals surface area contributed by atoms with Crippen LogP contribution >= 0.6 is 11.8 Å². The highest BCUT2D eigenvalue weighted by atomic mass is 32.2. The average molecular weight is 154 g/mol. The summed E-state index contributed by atoms with van der Waals surface area (Å²) in [4.78, 5) is 0. The first kappa shape index (κ1) is 5.67. The topological polar surface area (TPSA) is 9.23 Å². The predicted octanol–water partition coefficient (Wildman–Crippen LogP) is 1.45. The van der Waals surface area contributed by atoms with Crippen LogP contribution in [-0.4, -0.2) is 23.2 Å². The van der Waals surface area contributed by atoms with Crippen molar-refractivity contribution in [1.29, 1.82) is 0 Å². The van der Waals surface area contributed by atoms with E-state index >= 15 is 0 Å². The molecule has 1 spiro atoms. The summed E-state index contributed by atoms with van der Waals surface area (Å²) in [6, 6.07) is 0. The molecule has 3 heterocycles. The van der Waals surface area contributed by atoms with Crippen molar-refractivity contribution in [2.45, 2.75) is 18.1 Å². The molecule has 0 aromatic heterocycles. The molecule has 0 aromatic carbocycles. The number of thioether (sulfide) groups is 1. The normalized spacial score (nSPS) is 56.0. The average Bonchev–Trinajstić information content (AvgIpc) is 2.48. The molecular formula is C8H10OS. The van der Waals surface area contributed by atoms with E-state index in [1.165, 1.54) is 17.9 Å². The van der Waals surface area contributed by atoms with Crippen LogP contribution in [0, 0.1) is 5.92 Å². The highest BCUT2D eigenvalue weighted by molar-refractivity contribution is 7.99. The van der Waals surface area contributed by atoms with E-state index in [1.54, 1.807) is 0 Å². The highest BCUT2D eigenvalue weighted by Gasteiger charge is 2.52. The number of ether oxygens (including phenoxy) is 1. The van der Waals surface area contributed by atoms with E-state index in [-0.39, 0.29) is 5.60 Å². The zero-order valence-electron chi connectivity index (χ0n) is 5.75. The van der Waals surface area contributed by atoms with Gasteiger partial charge in [0.15, 0.2) is 0 Å². The molecule has 0 saturated carbocycles. The fraction of sp³-hybridized carbons (Fsp3) is 0.750. The minimum absolute atomic E-state index is 0.204. The molecule has 3 aliphatic heterocycles. The van der Waals surface area contributed by atoms with Gasteiger partial charge < -0.3 is 4.74 Å². The van der Waals surface area contributed by atoms with Gasteiger partial charge in [-0.1, -0.05) is 12.2 Å². The number of fused-ring (bicyclic) bond motifs is 1. The maximum absolute atomic E-state index is 5.85. The van der Waals surface area contributed by atoms with Gasteiger partial charge in [0.1, 0.15) is 0 Å². The molecule has 2 bridgehead atoms. The number of hydrogen-bond donors (Lipinski definition) is 0. The Kier molecular flexibility index (Phi) is 0.916. The van der Waals surface area contributed by atoms with Crippen LogP contribution in [-0.2, 0) is 4.74 Å². The molecule has 0 aliphatic carbocycles. The van der Waals surface area contributed by atoms with Crippen molar-refractivity contribution in [3.05, 3.63) is 12.2 Å². The fourth-order valence-corrected chi connectivity index (χ4v) is 3.78. The molecule has 1 nitrogen and oxygen atoms in total. The van der Waals surface area contributed by atoms with Crippen molar-refractivity contribution in [1.82, 2.24) is 0 Å². The lowest BCUT2D eigenvalue weighted by atomic mass is 9.86. The summed E-state index contributed by atoms with van der Waals surface area (Å²) < 4.78 is 5.85. The number of rotatable bonds is 0. The van der Waals surface area contributed by atoms with E-state index in [0.29, 0.717) is 6.10 Å². The Morgan fingerprint density at radius 2 is 2.60 bits per heavy atom. The summed E-state index contributed by atoms with van der Waals surface area (Å²) in [5.41, 5.74) is 0.204. The van der Waals surface area contributed by atoms with Crippen molar-refractivity contribution < 1.29 is 4.74 Å². The van der Waals surface area contributed by atoms with Crippen LogP contribution in [0.25, 0.3) is 0 Å². The van der Waals surface area contributed by atoms with E-state index in [1.807, 2.05) is 11.8 Å². The molecule has 3 atom stereocenters. The predicted molar refractivity (Wildman–Crippen MR) is 42.2 cm³/mol. The SMILES string of the molecule is C1=C[C@]23CSC[C@H]2C[C@@H]1O3. The lowest BCUT2D eigenvalue weighted by Gasteiger charge is -2.20. The molecule has 0 amide bonds. The van der Waals surface area contributed by atoms with Gasteiger partial charge in [-0.05, 0) is 12.2 Å². The van der Waals surface area contributed by atoms with Gasteiger partial charge >= 0.3 is 0 Å².